The number of ether oxygens (including phenoxy) is 2. The topological polar surface area (TPSA) is 71.0 Å². The number of hydrogen-bond acceptors (Lipinski definition) is 5. The molecular formula is C15H28N2O4. The summed E-state index contributed by atoms with van der Waals surface area (Å²) in [6.45, 7) is 8.38. The van der Waals surface area contributed by atoms with E-state index < -0.39 is 11.3 Å². The zero-order chi connectivity index (χ0) is 15.5. The Bertz CT molecular complexity index is 353. The Kier molecular flexibility index (Phi) is 5.11. The van der Waals surface area contributed by atoms with Gasteiger partial charge in [-0.25, -0.2) is 4.79 Å². The highest BCUT2D eigenvalue weighted by molar-refractivity contribution is 5.68. The van der Waals surface area contributed by atoms with E-state index in [1.54, 1.807) is 0 Å². The van der Waals surface area contributed by atoms with Crippen LogP contribution in [0.25, 0.3) is 0 Å². The van der Waals surface area contributed by atoms with Crippen LogP contribution in [0.5, 0.6) is 0 Å². The van der Waals surface area contributed by atoms with E-state index in [1.165, 1.54) is 0 Å². The maximum Gasteiger partial charge on any atom is 0.407 e. The molecule has 0 aromatic heterocycles. The molecule has 0 saturated carbocycles. The van der Waals surface area contributed by atoms with Crippen LogP contribution in [0.2, 0.25) is 0 Å². The number of piperidine rings is 1. The van der Waals surface area contributed by atoms with Crippen LogP contribution in [0.1, 0.15) is 46.5 Å². The average molecular weight is 300 g/mol. The molecule has 21 heavy (non-hydrogen) atoms. The monoisotopic (exact) mass is 300 g/mol. The number of rotatable bonds is 2. The molecule has 6 nitrogen and oxygen atoms in total. The predicted molar refractivity (Wildman–Crippen MR) is 79.0 cm³/mol. The Hall–Kier alpha value is -0.850. The number of nitrogens with zero attached hydrogens (tertiary/aromatic N) is 1. The van der Waals surface area contributed by atoms with Gasteiger partial charge in [0.05, 0.1) is 13.2 Å². The highest BCUT2D eigenvalue weighted by Gasteiger charge is 2.38. The molecule has 0 radical (unpaired) electrons. The molecule has 0 unspecified atom stereocenters. The second kappa shape index (κ2) is 6.50. The van der Waals surface area contributed by atoms with Crippen molar-refractivity contribution in [3.8, 4) is 0 Å². The van der Waals surface area contributed by atoms with E-state index in [4.69, 9.17) is 9.47 Å². The Morgan fingerprint density at radius 3 is 2.38 bits per heavy atom. The Balaban J connectivity index is 1.76. The smallest absolute Gasteiger partial charge is 0.407 e. The lowest BCUT2D eigenvalue weighted by atomic mass is 9.96. The summed E-state index contributed by atoms with van der Waals surface area (Å²) in [6.07, 6.45) is 2.64. The molecule has 2 aliphatic heterocycles. The zero-order valence-corrected chi connectivity index (χ0v) is 13.4. The van der Waals surface area contributed by atoms with Crippen molar-refractivity contribution >= 4 is 6.09 Å². The van der Waals surface area contributed by atoms with E-state index in [0.717, 1.165) is 25.9 Å². The molecule has 2 fully saturated rings. The van der Waals surface area contributed by atoms with Gasteiger partial charge in [0.1, 0.15) is 11.3 Å². The van der Waals surface area contributed by atoms with Gasteiger partial charge >= 0.3 is 6.09 Å². The van der Waals surface area contributed by atoms with Gasteiger partial charge in [-0.15, -0.1) is 0 Å². The van der Waals surface area contributed by atoms with E-state index in [-0.39, 0.29) is 12.1 Å². The third-order valence-corrected chi connectivity index (χ3v) is 4.10. The first-order valence-electron chi connectivity index (χ1n) is 7.83. The fourth-order valence-corrected chi connectivity index (χ4v) is 2.93. The van der Waals surface area contributed by atoms with Crippen LogP contribution in [-0.4, -0.2) is 59.8 Å². The van der Waals surface area contributed by atoms with Crippen LogP contribution in [0.4, 0.5) is 4.79 Å². The summed E-state index contributed by atoms with van der Waals surface area (Å²) in [4.78, 5) is 13.9. The first kappa shape index (κ1) is 16.5. The molecule has 1 amide bonds. The van der Waals surface area contributed by atoms with Crippen LogP contribution < -0.4 is 5.32 Å². The van der Waals surface area contributed by atoms with Crippen molar-refractivity contribution < 1.29 is 19.4 Å². The lowest BCUT2D eigenvalue weighted by molar-refractivity contribution is -0.169. The first-order valence-corrected chi connectivity index (χ1v) is 7.83. The highest BCUT2D eigenvalue weighted by Crippen LogP contribution is 2.28. The molecule has 2 N–H and O–H groups in total. The molecule has 0 aromatic rings. The second-order valence-corrected chi connectivity index (χ2v) is 7.00. The SMILES string of the molecule is CC(C)(C)OC(=O)NC1CCN(C2(O)CCOCC2)CC1. The standard InChI is InChI=1S/C15H28N2O4/c1-14(2,3)21-13(18)16-12-4-8-17(9-5-12)15(19)6-10-20-11-7-15/h12,19H,4-11H2,1-3H3,(H,16,18). The predicted octanol–water partition coefficient (Wildman–Crippen LogP) is 1.47. The van der Waals surface area contributed by atoms with Crippen molar-refractivity contribution in [1.29, 1.82) is 0 Å². The second-order valence-electron chi connectivity index (χ2n) is 7.00. The minimum Gasteiger partial charge on any atom is -0.444 e. The van der Waals surface area contributed by atoms with Gasteiger partial charge in [-0.05, 0) is 33.6 Å². The molecule has 122 valence electrons. The van der Waals surface area contributed by atoms with Gasteiger partial charge in [0.2, 0.25) is 0 Å². The van der Waals surface area contributed by atoms with Crippen molar-refractivity contribution in [3.63, 3.8) is 0 Å². The van der Waals surface area contributed by atoms with Crippen LogP contribution in [-0.2, 0) is 9.47 Å². The van der Waals surface area contributed by atoms with Gasteiger partial charge in [-0.3, -0.25) is 4.90 Å². The molecule has 0 aliphatic carbocycles. The number of carbonyl (C=O) groups excluding carboxylic acids is 1. The van der Waals surface area contributed by atoms with Crippen molar-refractivity contribution in [2.45, 2.75) is 63.8 Å². The Morgan fingerprint density at radius 2 is 1.86 bits per heavy atom. The number of alkyl carbamates (subject to hydrolysis) is 1. The summed E-state index contributed by atoms with van der Waals surface area (Å²) >= 11 is 0. The lowest BCUT2D eigenvalue weighted by Gasteiger charge is -2.45. The van der Waals surface area contributed by atoms with Gasteiger partial charge in [0.25, 0.3) is 0 Å². The maximum absolute atomic E-state index is 11.8. The van der Waals surface area contributed by atoms with Crippen LogP contribution in [0.3, 0.4) is 0 Å². The van der Waals surface area contributed by atoms with Crippen molar-refractivity contribution in [2.75, 3.05) is 26.3 Å². The largest absolute Gasteiger partial charge is 0.444 e. The number of hydrogen-bond donors (Lipinski definition) is 2. The summed E-state index contributed by atoms with van der Waals surface area (Å²) in [7, 11) is 0. The number of nitrogens with one attached hydrogen (secondary N) is 1. The number of amides is 1. The molecule has 6 heteroatoms. The fraction of sp³-hybridized carbons (Fsp3) is 0.933. The van der Waals surface area contributed by atoms with E-state index in [2.05, 4.69) is 10.2 Å². The van der Waals surface area contributed by atoms with Gasteiger partial charge in [0.15, 0.2) is 0 Å². The summed E-state index contributed by atoms with van der Waals surface area (Å²) in [6, 6.07) is 0.125. The zero-order valence-electron chi connectivity index (χ0n) is 13.4. The molecular weight excluding hydrogens is 272 g/mol. The minimum atomic E-state index is -0.727. The van der Waals surface area contributed by atoms with Crippen LogP contribution in [0.15, 0.2) is 0 Å². The Labute approximate surface area is 126 Å². The summed E-state index contributed by atoms with van der Waals surface area (Å²) in [5.74, 6) is 0. The summed E-state index contributed by atoms with van der Waals surface area (Å²) in [5, 5.41) is 13.6. The van der Waals surface area contributed by atoms with Crippen LogP contribution >= 0.6 is 0 Å². The normalized spacial score (nSPS) is 24.6. The molecule has 0 aromatic carbocycles. The molecule has 0 atom stereocenters. The fourth-order valence-electron chi connectivity index (χ4n) is 2.93. The third kappa shape index (κ3) is 4.83. The molecule has 2 saturated heterocycles. The molecule has 0 bridgehead atoms. The van der Waals surface area contributed by atoms with E-state index in [1.807, 2.05) is 20.8 Å². The number of carbonyl (C=O) groups is 1. The van der Waals surface area contributed by atoms with E-state index in [9.17, 15) is 9.90 Å². The lowest BCUT2D eigenvalue weighted by Crippen LogP contribution is -2.57. The summed E-state index contributed by atoms with van der Waals surface area (Å²) < 4.78 is 10.6. The van der Waals surface area contributed by atoms with Gasteiger partial charge in [-0.2, -0.15) is 0 Å². The van der Waals surface area contributed by atoms with Crippen molar-refractivity contribution in [3.05, 3.63) is 0 Å². The van der Waals surface area contributed by atoms with Crippen LogP contribution in [0, 0.1) is 0 Å². The number of aliphatic hydroxyl groups is 1. The highest BCUT2D eigenvalue weighted by atomic mass is 16.6. The minimum absolute atomic E-state index is 0.125. The van der Waals surface area contributed by atoms with Crippen molar-refractivity contribution in [2.24, 2.45) is 0 Å². The number of likely N-dealkylation sites (tertiary alicyclic amines) is 1. The molecule has 2 rings (SSSR count). The van der Waals surface area contributed by atoms with E-state index in [0.29, 0.717) is 26.1 Å². The van der Waals surface area contributed by atoms with Crippen molar-refractivity contribution in [1.82, 2.24) is 10.2 Å². The van der Waals surface area contributed by atoms with Gasteiger partial charge in [-0.1, -0.05) is 0 Å². The molecule has 0 spiro atoms. The third-order valence-electron chi connectivity index (χ3n) is 4.10. The maximum atomic E-state index is 11.8. The van der Waals surface area contributed by atoms with E-state index >= 15 is 0 Å². The first-order chi connectivity index (χ1) is 9.78. The van der Waals surface area contributed by atoms with Gasteiger partial charge < -0.3 is 19.9 Å². The molecule has 2 aliphatic rings. The molecule has 2 heterocycles. The quantitative estimate of drug-likeness (QED) is 0.808. The average Bonchev–Trinajstić information content (AvgIpc) is 2.38. The summed E-state index contributed by atoms with van der Waals surface area (Å²) in [5.41, 5.74) is -1.20. The Morgan fingerprint density at radius 1 is 1.29 bits per heavy atom. The van der Waals surface area contributed by atoms with Gasteiger partial charge in [0, 0.05) is 32.0 Å².